The first-order valence-corrected chi connectivity index (χ1v) is 6.50. The van der Waals surface area contributed by atoms with Gasteiger partial charge in [0, 0.05) is 36.8 Å². The van der Waals surface area contributed by atoms with E-state index in [9.17, 15) is 8.78 Å². The van der Waals surface area contributed by atoms with E-state index in [1.165, 1.54) is 12.1 Å². The zero-order chi connectivity index (χ0) is 14.9. The van der Waals surface area contributed by atoms with Crippen molar-refractivity contribution >= 4 is 12.4 Å². The van der Waals surface area contributed by atoms with Crippen molar-refractivity contribution in [2.75, 3.05) is 0 Å². The number of aromatic nitrogens is 4. The van der Waals surface area contributed by atoms with Gasteiger partial charge in [-0.2, -0.15) is 0 Å². The van der Waals surface area contributed by atoms with Crippen LogP contribution in [0.1, 0.15) is 18.2 Å². The van der Waals surface area contributed by atoms with E-state index in [0.29, 0.717) is 12.2 Å². The molecule has 0 bridgehead atoms. The van der Waals surface area contributed by atoms with Crippen molar-refractivity contribution in [2.45, 2.75) is 19.4 Å². The summed E-state index contributed by atoms with van der Waals surface area (Å²) in [5, 5.41) is 0. The molecule has 7 heteroatoms. The van der Waals surface area contributed by atoms with Crippen molar-refractivity contribution in [3.8, 4) is 5.69 Å². The lowest BCUT2D eigenvalue weighted by atomic mass is 10.1. The molecule has 22 heavy (non-hydrogen) atoms. The van der Waals surface area contributed by atoms with Crippen LogP contribution < -0.4 is 0 Å². The molecule has 0 aliphatic heterocycles. The van der Waals surface area contributed by atoms with Crippen molar-refractivity contribution in [3.63, 3.8) is 0 Å². The Morgan fingerprint density at radius 1 is 1.23 bits per heavy atom. The van der Waals surface area contributed by atoms with Crippen LogP contribution in [0.25, 0.3) is 5.69 Å². The zero-order valence-corrected chi connectivity index (χ0v) is 12.7. The van der Waals surface area contributed by atoms with Gasteiger partial charge < -0.3 is 9.13 Å². The molecule has 0 spiro atoms. The minimum atomic E-state index is -2.85. The molecule has 0 fully saturated rings. The number of rotatable bonds is 4. The van der Waals surface area contributed by atoms with Crippen LogP contribution in [-0.4, -0.2) is 19.1 Å². The highest BCUT2D eigenvalue weighted by molar-refractivity contribution is 5.85. The molecule has 0 saturated heterocycles. The predicted molar refractivity (Wildman–Crippen MR) is 81.7 cm³/mol. The van der Waals surface area contributed by atoms with E-state index >= 15 is 0 Å². The summed E-state index contributed by atoms with van der Waals surface area (Å²) >= 11 is 0. The summed E-state index contributed by atoms with van der Waals surface area (Å²) in [5.41, 5.74) is 1.49. The molecular formula is C15H15ClF2N4. The monoisotopic (exact) mass is 324 g/mol. The minimum absolute atomic E-state index is 0. The Bertz CT molecular complexity index is 732. The van der Waals surface area contributed by atoms with Gasteiger partial charge in [-0.1, -0.05) is 12.1 Å². The van der Waals surface area contributed by atoms with Crippen molar-refractivity contribution in [3.05, 3.63) is 66.8 Å². The first kappa shape index (κ1) is 16.2. The van der Waals surface area contributed by atoms with Crippen LogP contribution >= 0.6 is 12.4 Å². The molecule has 3 aromatic rings. The standard InChI is InChI=1S/C15H14F2N4.ClH/c1-15(16,17)12-3-2-4-14(7-12)21-9-13(19-11-21)8-20-6-5-18-10-20;/h2-7,9-11H,8H2,1H3;1H. The van der Waals surface area contributed by atoms with Crippen LogP contribution in [0.2, 0.25) is 0 Å². The molecule has 0 aliphatic carbocycles. The average molecular weight is 325 g/mol. The summed E-state index contributed by atoms with van der Waals surface area (Å²) in [6.45, 7) is 1.49. The highest BCUT2D eigenvalue weighted by Crippen LogP contribution is 2.28. The van der Waals surface area contributed by atoms with Crippen LogP contribution in [0.5, 0.6) is 0 Å². The molecule has 4 nitrogen and oxygen atoms in total. The number of imidazole rings is 2. The number of hydrogen-bond acceptors (Lipinski definition) is 2. The molecular weight excluding hydrogens is 310 g/mol. The number of halogens is 3. The van der Waals surface area contributed by atoms with Crippen molar-refractivity contribution < 1.29 is 8.78 Å². The number of alkyl halides is 2. The second kappa shape index (κ2) is 6.27. The Balaban J connectivity index is 0.00000176. The smallest absolute Gasteiger partial charge is 0.270 e. The molecule has 0 amide bonds. The molecule has 2 aromatic heterocycles. The summed E-state index contributed by atoms with van der Waals surface area (Å²) in [7, 11) is 0. The molecule has 0 radical (unpaired) electrons. The summed E-state index contributed by atoms with van der Waals surface area (Å²) in [6.07, 6.45) is 8.70. The molecule has 1 aromatic carbocycles. The summed E-state index contributed by atoms with van der Waals surface area (Å²) in [6, 6.07) is 6.30. The molecule has 116 valence electrons. The lowest BCUT2D eigenvalue weighted by molar-refractivity contribution is 0.0174. The van der Waals surface area contributed by atoms with Gasteiger partial charge in [0.2, 0.25) is 0 Å². The lowest BCUT2D eigenvalue weighted by Crippen LogP contribution is -2.07. The quantitative estimate of drug-likeness (QED) is 0.734. The van der Waals surface area contributed by atoms with Crippen molar-refractivity contribution in [2.24, 2.45) is 0 Å². The molecule has 0 unspecified atom stereocenters. The van der Waals surface area contributed by atoms with Crippen LogP contribution in [0.15, 0.2) is 55.5 Å². The Hall–Kier alpha value is -2.21. The highest BCUT2D eigenvalue weighted by atomic mass is 35.5. The predicted octanol–water partition coefficient (Wildman–Crippen LogP) is 3.65. The van der Waals surface area contributed by atoms with Crippen LogP contribution in [-0.2, 0) is 12.5 Å². The van der Waals surface area contributed by atoms with Gasteiger partial charge in [0.05, 0.1) is 24.9 Å². The van der Waals surface area contributed by atoms with E-state index in [1.807, 2.05) is 17.0 Å². The molecule has 0 N–H and O–H groups in total. The van der Waals surface area contributed by atoms with Gasteiger partial charge >= 0.3 is 0 Å². The van der Waals surface area contributed by atoms with Gasteiger partial charge in [0.25, 0.3) is 5.92 Å². The van der Waals surface area contributed by atoms with Crippen LogP contribution in [0, 0.1) is 0 Å². The van der Waals surface area contributed by atoms with Crippen LogP contribution in [0.4, 0.5) is 8.78 Å². The fourth-order valence-electron chi connectivity index (χ4n) is 2.09. The van der Waals surface area contributed by atoms with Gasteiger partial charge in [0.15, 0.2) is 0 Å². The van der Waals surface area contributed by atoms with Gasteiger partial charge in [-0.3, -0.25) is 0 Å². The molecule has 3 rings (SSSR count). The topological polar surface area (TPSA) is 35.6 Å². The largest absolute Gasteiger partial charge is 0.331 e. The van der Waals surface area contributed by atoms with Gasteiger partial charge in [-0.05, 0) is 12.1 Å². The Kier molecular flexibility index (Phi) is 4.61. The third-order valence-electron chi connectivity index (χ3n) is 3.19. The Morgan fingerprint density at radius 2 is 2.05 bits per heavy atom. The van der Waals surface area contributed by atoms with Crippen molar-refractivity contribution in [1.29, 1.82) is 0 Å². The van der Waals surface area contributed by atoms with Crippen LogP contribution in [0.3, 0.4) is 0 Å². The van der Waals surface area contributed by atoms with E-state index in [1.54, 1.807) is 35.6 Å². The maximum Gasteiger partial charge on any atom is 0.270 e. The van der Waals surface area contributed by atoms with E-state index in [2.05, 4.69) is 9.97 Å². The number of benzene rings is 1. The summed E-state index contributed by atoms with van der Waals surface area (Å²) in [4.78, 5) is 8.25. The van der Waals surface area contributed by atoms with E-state index in [0.717, 1.165) is 12.6 Å². The normalized spacial score (nSPS) is 11.2. The molecule has 0 atom stereocenters. The second-order valence-corrected chi connectivity index (χ2v) is 4.95. The lowest BCUT2D eigenvalue weighted by Gasteiger charge is -2.12. The summed E-state index contributed by atoms with van der Waals surface area (Å²) < 4.78 is 30.4. The van der Waals surface area contributed by atoms with E-state index in [4.69, 9.17) is 0 Å². The first-order chi connectivity index (χ1) is 10.0. The second-order valence-electron chi connectivity index (χ2n) is 4.95. The Morgan fingerprint density at radius 3 is 2.73 bits per heavy atom. The number of nitrogens with zero attached hydrogens (tertiary/aromatic N) is 4. The number of hydrogen-bond donors (Lipinski definition) is 0. The van der Waals surface area contributed by atoms with E-state index in [-0.39, 0.29) is 18.0 Å². The SMILES string of the molecule is CC(F)(F)c1cccc(-n2cnc(Cn3ccnc3)c2)c1.Cl. The maximum absolute atomic E-state index is 13.4. The van der Waals surface area contributed by atoms with Gasteiger partial charge in [-0.25, -0.2) is 18.7 Å². The fourth-order valence-corrected chi connectivity index (χ4v) is 2.09. The third kappa shape index (κ3) is 3.51. The Labute approximate surface area is 132 Å². The van der Waals surface area contributed by atoms with Crippen molar-refractivity contribution in [1.82, 2.24) is 19.1 Å². The maximum atomic E-state index is 13.4. The fraction of sp³-hybridized carbons (Fsp3) is 0.200. The minimum Gasteiger partial charge on any atom is -0.331 e. The highest BCUT2D eigenvalue weighted by Gasteiger charge is 2.24. The molecule has 0 aliphatic rings. The average Bonchev–Trinajstić information content (AvgIpc) is 3.10. The van der Waals surface area contributed by atoms with Gasteiger partial charge in [0.1, 0.15) is 0 Å². The first-order valence-electron chi connectivity index (χ1n) is 6.50. The van der Waals surface area contributed by atoms with E-state index < -0.39 is 5.92 Å². The summed E-state index contributed by atoms with van der Waals surface area (Å²) in [5.74, 6) is -2.85. The van der Waals surface area contributed by atoms with Gasteiger partial charge in [-0.15, -0.1) is 12.4 Å². The third-order valence-corrected chi connectivity index (χ3v) is 3.19. The zero-order valence-electron chi connectivity index (χ0n) is 11.9. The molecule has 0 saturated carbocycles. The molecule has 2 heterocycles.